The van der Waals surface area contributed by atoms with Gasteiger partial charge in [-0.05, 0) is 42.0 Å². The van der Waals surface area contributed by atoms with Crippen molar-refractivity contribution < 1.29 is 8.42 Å². The van der Waals surface area contributed by atoms with E-state index in [9.17, 15) is 8.42 Å². The molecule has 5 nitrogen and oxygen atoms in total. The second-order valence-electron chi connectivity index (χ2n) is 5.83. The van der Waals surface area contributed by atoms with Gasteiger partial charge in [0.05, 0.1) is 4.90 Å². The van der Waals surface area contributed by atoms with Crippen molar-refractivity contribution in [3.05, 3.63) is 82.4 Å². The van der Waals surface area contributed by atoms with Crippen LogP contribution in [0.25, 0.3) is 0 Å². The average Bonchev–Trinajstić information content (AvgIpc) is 3.03. The highest BCUT2D eigenvalue weighted by Crippen LogP contribution is 2.32. The summed E-state index contributed by atoms with van der Waals surface area (Å²) in [6.45, 7) is 0. The summed E-state index contributed by atoms with van der Waals surface area (Å²) < 4.78 is 29.4. The van der Waals surface area contributed by atoms with Gasteiger partial charge in [0.2, 0.25) is 10.0 Å². The monoisotopic (exact) mass is 409 g/mol. The normalized spacial score (nSPS) is 13.1. The average molecular weight is 410 g/mol. The molecule has 2 aromatic carbocycles. The second kappa shape index (κ2) is 7.40. The van der Waals surface area contributed by atoms with Crippen molar-refractivity contribution in [1.29, 1.82) is 0 Å². The molecule has 0 fully saturated rings. The lowest BCUT2D eigenvalue weighted by molar-refractivity contribution is 0.398. The molecule has 0 amide bonds. The molecule has 8 heteroatoms. The highest BCUT2D eigenvalue weighted by molar-refractivity contribution is 7.89. The molecule has 0 aliphatic rings. The molecule has 136 valence electrons. The van der Waals surface area contributed by atoms with Crippen LogP contribution in [0, 0.1) is 0 Å². The van der Waals surface area contributed by atoms with Crippen LogP contribution in [0.5, 0.6) is 0 Å². The summed E-state index contributed by atoms with van der Waals surface area (Å²) in [5.74, 6) is 0.604. The van der Waals surface area contributed by atoms with E-state index in [1.54, 1.807) is 53.4 Å². The number of aromatic nitrogens is 2. The van der Waals surface area contributed by atoms with Crippen molar-refractivity contribution in [1.82, 2.24) is 13.9 Å². The molecule has 1 heterocycles. The lowest BCUT2D eigenvalue weighted by Crippen LogP contribution is -2.33. The lowest BCUT2D eigenvalue weighted by Gasteiger charge is -2.27. The quantitative estimate of drug-likeness (QED) is 0.636. The van der Waals surface area contributed by atoms with Gasteiger partial charge < -0.3 is 4.57 Å². The summed E-state index contributed by atoms with van der Waals surface area (Å²) in [7, 11) is -0.401. The minimum Gasteiger partial charge on any atom is -0.336 e. The Morgan fingerprint density at radius 3 is 2.04 bits per heavy atom. The van der Waals surface area contributed by atoms with E-state index in [0.717, 1.165) is 5.56 Å². The molecule has 0 saturated carbocycles. The number of aryl methyl sites for hydroxylation is 1. The van der Waals surface area contributed by atoms with Crippen LogP contribution in [0.15, 0.2) is 65.8 Å². The fourth-order valence-electron chi connectivity index (χ4n) is 2.72. The Labute approximate surface area is 162 Å². The van der Waals surface area contributed by atoms with Crippen LogP contribution < -0.4 is 0 Å². The number of imidazole rings is 1. The zero-order valence-electron chi connectivity index (χ0n) is 14.2. The van der Waals surface area contributed by atoms with E-state index in [0.29, 0.717) is 15.9 Å². The SMILES string of the molecule is CN(C(c1ccc(Cl)cc1)c1nccn1C)S(=O)(=O)c1ccc(Cl)cc1. The predicted octanol–water partition coefficient (Wildman–Crippen LogP) is 4.14. The van der Waals surface area contributed by atoms with Crippen molar-refractivity contribution >= 4 is 33.2 Å². The number of rotatable bonds is 5. The lowest BCUT2D eigenvalue weighted by atomic mass is 10.1. The van der Waals surface area contributed by atoms with E-state index >= 15 is 0 Å². The minimum atomic E-state index is -3.77. The first kappa shape index (κ1) is 18.9. The molecule has 0 N–H and O–H groups in total. The first-order valence-corrected chi connectivity index (χ1v) is 9.96. The molecule has 1 aromatic heterocycles. The van der Waals surface area contributed by atoms with Crippen molar-refractivity contribution in [3.8, 4) is 0 Å². The third-order valence-electron chi connectivity index (χ3n) is 4.14. The molecular weight excluding hydrogens is 393 g/mol. The topological polar surface area (TPSA) is 55.2 Å². The Kier molecular flexibility index (Phi) is 5.39. The number of sulfonamides is 1. The number of hydrogen-bond donors (Lipinski definition) is 0. The molecule has 0 saturated heterocycles. The molecule has 0 spiro atoms. The zero-order valence-corrected chi connectivity index (χ0v) is 16.5. The number of benzene rings is 2. The summed E-state index contributed by atoms with van der Waals surface area (Å²) in [5, 5.41) is 1.06. The van der Waals surface area contributed by atoms with Crippen molar-refractivity contribution in [3.63, 3.8) is 0 Å². The Bertz CT molecular complexity index is 1000. The van der Waals surface area contributed by atoms with E-state index in [4.69, 9.17) is 23.2 Å². The van der Waals surface area contributed by atoms with Gasteiger partial charge in [-0.15, -0.1) is 0 Å². The van der Waals surface area contributed by atoms with E-state index < -0.39 is 16.1 Å². The Morgan fingerprint density at radius 1 is 1.00 bits per heavy atom. The Morgan fingerprint density at radius 2 is 1.54 bits per heavy atom. The van der Waals surface area contributed by atoms with Crippen molar-refractivity contribution in [2.75, 3.05) is 7.05 Å². The Hall–Kier alpha value is -1.86. The van der Waals surface area contributed by atoms with E-state index in [1.807, 2.05) is 7.05 Å². The zero-order chi connectivity index (χ0) is 18.9. The minimum absolute atomic E-state index is 0.164. The first-order valence-electron chi connectivity index (χ1n) is 7.77. The summed E-state index contributed by atoms with van der Waals surface area (Å²) in [5.41, 5.74) is 0.767. The van der Waals surface area contributed by atoms with Gasteiger partial charge in [0, 0.05) is 36.5 Å². The van der Waals surface area contributed by atoms with Crippen LogP contribution in [-0.2, 0) is 17.1 Å². The maximum absolute atomic E-state index is 13.2. The summed E-state index contributed by atoms with van der Waals surface area (Å²) >= 11 is 11.9. The maximum atomic E-state index is 13.2. The largest absolute Gasteiger partial charge is 0.336 e. The van der Waals surface area contributed by atoms with Crippen LogP contribution in [0.2, 0.25) is 10.0 Å². The first-order chi connectivity index (χ1) is 12.3. The molecule has 26 heavy (non-hydrogen) atoms. The second-order valence-corrected chi connectivity index (χ2v) is 8.70. The summed E-state index contributed by atoms with van der Waals surface area (Å²) in [4.78, 5) is 4.52. The van der Waals surface area contributed by atoms with Gasteiger partial charge in [-0.1, -0.05) is 35.3 Å². The van der Waals surface area contributed by atoms with Crippen LogP contribution in [-0.4, -0.2) is 29.3 Å². The van der Waals surface area contributed by atoms with Crippen LogP contribution in [0.4, 0.5) is 0 Å². The van der Waals surface area contributed by atoms with E-state index in [2.05, 4.69) is 4.98 Å². The van der Waals surface area contributed by atoms with Crippen molar-refractivity contribution in [2.24, 2.45) is 7.05 Å². The van der Waals surface area contributed by atoms with Crippen LogP contribution in [0.1, 0.15) is 17.4 Å². The van der Waals surface area contributed by atoms with Crippen LogP contribution in [0.3, 0.4) is 0 Å². The Balaban J connectivity index is 2.10. The molecular formula is C18H17Cl2N3O2S. The van der Waals surface area contributed by atoms with E-state index in [1.165, 1.54) is 23.5 Å². The van der Waals surface area contributed by atoms with Gasteiger partial charge in [0.15, 0.2) is 0 Å². The molecule has 0 aliphatic carbocycles. The van der Waals surface area contributed by atoms with E-state index in [-0.39, 0.29) is 4.90 Å². The number of nitrogens with zero attached hydrogens (tertiary/aromatic N) is 3. The standard InChI is InChI=1S/C18H17Cl2N3O2S/c1-22-12-11-21-18(22)17(13-3-5-14(19)6-4-13)23(2)26(24,25)16-9-7-15(20)8-10-16/h3-12,17H,1-2H3. The maximum Gasteiger partial charge on any atom is 0.243 e. The molecule has 1 unspecified atom stereocenters. The van der Waals surface area contributed by atoms with Gasteiger partial charge in [-0.25, -0.2) is 13.4 Å². The van der Waals surface area contributed by atoms with Gasteiger partial charge >= 0.3 is 0 Å². The fraction of sp³-hybridized carbons (Fsp3) is 0.167. The fourth-order valence-corrected chi connectivity index (χ4v) is 4.28. The van der Waals surface area contributed by atoms with Crippen LogP contribution >= 0.6 is 23.2 Å². The van der Waals surface area contributed by atoms with Crippen molar-refractivity contribution in [2.45, 2.75) is 10.9 Å². The molecule has 0 radical (unpaired) electrons. The van der Waals surface area contributed by atoms with Gasteiger partial charge in [0.25, 0.3) is 0 Å². The molecule has 0 aliphatic heterocycles. The smallest absolute Gasteiger partial charge is 0.243 e. The summed E-state index contributed by atoms with van der Waals surface area (Å²) in [6, 6.07) is 12.6. The third kappa shape index (κ3) is 3.64. The highest BCUT2D eigenvalue weighted by Gasteiger charge is 2.32. The highest BCUT2D eigenvalue weighted by atomic mass is 35.5. The number of hydrogen-bond acceptors (Lipinski definition) is 3. The summed E-state index contributed by atoms with van der Waals surface area (Å²) in [6.07, 6.45) is 3.42. The van der Waals surface area contributed by atoms with Gasteiger partial charge in [-0.3, -0.25) is 0 Å². The number of halogens is 2. The molecule has 3 rings (SSSR count). The molecule has 1 atom stereocenters. The van der Waals surface area contributed by atoms with Gasteiger partial charge in [0.1, 0.15) is 11.9 Å². The predicted molar refractivity (Wildman–Crippen MR) is 103 cm³/mol. The third-order valence-corrected chi connectivity index (χ3v) is 6.48. The molecule has 3 aromatic rings. The molecule has 0 bridgehead atoms. The van der Waals surface area contributed by atoms with Gasteiger partial charge in [-0.2, -0.15) is 4.31 Å².